The lowest BCUT2D eigenvalue weighted by Crippen LogP contribution is -2.13. The summed E-state index contributed by atoms with van der Waals surface area (Å²) in [6.07, 6.45) is 1.55. The second-order valence-corrected chi connectivity index (χ2v) is 5.62. The van der Waals surface area contributed by atoms with Gasteiger partial charge in [0.05, 0.1) is 21.3 Å². The monoisotopic (exact) mass is 380 g/mol. The van der Waals surface area contributed by atoms with Gasteiger partial charge in [0.2, 0.25) is 11.7 Å². The maximum atomic E-state index is 12.3. The molecule has 0 saturated carbocycles. The molecule has 2 N–H and O–H groups in total. The predicted molar refractivity (Wildman–Crippen MR) is 106 cm³/mol. The zero-order valence-corrected chi connectivity index (χ0v) is 15.7. The molecule has 0 aliphatic rings. The van der Waals surface area contributed by atoms with Gasteiger partial charge >= 0.3 is 0 Å². The second kappa shape index (κ2) is 8.72. The molecule has 3 rings (SSSR count). The number of benzene rings is 2. The zero-order chi connectivity index (χ0) is 19.9. The summed E-state index contributed by atoms with van der Waals surface area (Å²) in [5.41, 5.74) is 1.18. The van der Waals surface area contributed by atoms with Gasteiger partial charge in [-0.25, -0.2) is 4.98 Å². The van der Waals surface area contributed by atoms with Gasteiger partial charge in [0.25, 0.3) is 5.91 Å². The first-order valence-corrected chi connectivity index (χ1v) is 8.41. The molecule has 28 heavy (non-hydrogen) atoms. The summed E-state index contributed by atoms with van der Waals surface area (Å²) in [4.78, 5) is 20.8. The first-order chi connectivity index (χ1) is 13.6. The van der Waals surface area contributed by atoms with Gasteiger partial charge in [-0.15, -0.1) is 0 Å². The Morgan fingerprint density at radius 1 is 0.929 bits per heavy atom. The number of carbonyl (C=O) groups excluding carboxylic acids is 1. The summed E-state index contributed by atoms with van der Waals surface area (Å²) in [5.74, 6) is 1.91. The van der Waals surface area contributed by atoms with E-state index in [2.05, 4.69) is 20.6 Å². The van der Waals surface area contributed by atoms with Crippen LogP contribution in [-0.4, -0.2) is 37.2 Å². The van der Waals surface area contributed by atoms with Crippen LogP contribution >= 0.6 is 0 Å². The van der Waals surface area contributed by atoms with Gasteiger partial charge in [0.1, 0.15) is 5.82 Å². The van der Waals surface area contributed by atoms with Gasteiger partial charge in [-0.3, -0.25) is 4.79 Å². The molecule has 0 radical (unpaired) electrons. The van der Waals surface area contributed by atoms with Crippen LogP contribution in [0.15, 0.2) is 54.7 Å². The summed E-state index contributed by atoms with van der Waals surface area (Å²) in [7, 11) is 4.62. The van der Waals surface area contributed by atoms with Crippen LogP contribution < -0.4 is 24.8 Å². The molecule has 0 aliphatic heterocycles. The number of nitrogens with zero attached hydrogens (tertiary/aromatic N) is 2. The molecule has 0 fully saturated rings. The van der Waals surface area contributed by atoms with Crippen molar-refractivity contribution in [3.05, 3.63) is 60.3 Å². The number of aromatic nitrogens is 2. The molecule has 0 unspecified atom stereocenters. The van der Waals surface area contributed by atoms with Crippen molar-refractivity contribution in [2.75, 3.05) is 32.0 Å². The van der Waals surface area contributed by atoms with E-state index in [0.29, 0.717) is 40.3 Å². The summed E-state index contributed by atoms with van der Waals surface area (Å²) in [6, 6.07) is 14.0. The number of amides is 1. The van der Waals surface area contributed by atoms with Crippen molar-refractivity contribution in [1.82, 2.24) is 9.97 Å². The van der Waals surface area contributed by atoms with Crippen LogP contribution in [0.25, 0.3) is 0 Å². The van der Waals surface area contributed by atoms with E-state index in [1.165, 1.54) is 21.3 Å². The number of hydrogen-bond donors (Lipinski definition) is 2. The second-order valence-electron chi connectivity index (χ2n) is 5.62. The molecule has 8 nitrogen and oxygen atoms in total. The van der Waals surface area contributed by atoms with Crippen LogP contribution in [0.1, 0.15) is 10.4 Å². The Balaban J connectivity index is 1.80. The fraction of sp³-hybridized carbons (Fsp3) is 0.150. The van der Waals surface area contributed by atoms with Crippen LogP contribution in [-0.2, 0) is 0 Å². The van der Waals surface area contributed by atoms with Crippen LogP contribution in [0.4, 0.5) is 17.5 Å². The Morgan fingerprint density at radius 3 is 2.21 bits per heavy atom. The number of anilines is 3. The highest BCUT2D eigenvalue weighted by Crippen LogP contribution is 2.40. The van der Waals surface area contributed by atoms with Crippen molar-refractivity contribution in [3.63, 3.8) is 0 Å². The number of rotatable bonds is 7. The maximum Gasteiger partial charge on any atom is 0.256 e. The lowest BCUT2D eigenvalue weighted by Gasteiger charge is -2.14. The van der Waals surface area contributed by atoms with E-state index >= 15 is 0 Å². The number of carbonyl (C=O) groups is 1. The van der Waals surface area contributed by atoms with Gasteiger partial charge in [0, 0.05) is 29.6 Å². The van der Waals surface area contributed by atoms with E-state index in [9.17, 15) is 4.79 Å². The average Bonchev–Trinajstić information content (AvgIpc) is 2.73. The van der Waals surface area contributed by atoms with E-state index in [0.717, 1.165) is 0 Å². The molecule has 1 heterocycles. The van der Waals surface area contributed by atoms with Gasteiger partial charge in [0.15, 0.2) is 11.5 Å². The number of ether oxygens (including phenoxy) is 3. The molecule has 144 valence electrons. The first-order valence-electron chi connectivity index (χ1n) is 8.41. The van der Waals surface area contributed by atoms with Crippen LogP contribution in [0.5, 0.6) is 17.2 Å². The maximum absolute atomic E-state index is 12.3. The normalized spacial score (nSPS) is 10.1. The molecular formula is C20H20N4O4. The fourth-order valence-electron chi connectivity index (χ4n) is 2.55. The number of methoxy groups -OCH3 is 3. The Hall–Kier alpha value is -3.81. The topological polar surface area (TPSA) is 94.6 Å². The van der Waals surface area contributed by atoms with E-state index in [4.69, 9.17) is 14.2 Å². The Morgan fingerprint density at radius 2 is 1.61 bits per heavy atom. The van der Waals surface area contributed by atoms with Gasteiger partial charge in [-0.2, -0.15) is 4.98 Å². The van der Waals surface area contributed by atoms with Crippen molar-refractivity contribution < 1.29 is 19.0 Å². The summed E-state index contributed by atoms with van der Waals surface area (Å²) in [5, 5.41) is 5.82. The van der Waals surface area contributed by atoms with Gasteiger partial charge < -0.3 is 24.8 Å². The average molecular weight is 380 g/mol. The summed E-state index contributed by atoms with van der Waals surface area (Å²) in [6.45, 7) is 0. The lowest BCUT2D eigenvalue weighted by atomic mass is 10.2. The third-order valence-corrected chi connectivity index (χ3v) is 3.85. The SMILES string of the molecule is COc1cc(Nc2nccc(NC(=O)c3ccccc3)n2)cc(OC)c1OC. The van der Waals surface area contributed by atoms with E-state index in [1.54, 1.807) is 48.7 Å². The predicted octanol–water partition coefficient (Wildman–Crippen LogP) is 3.50. The Bertz CT molecular complexity index is 938. The molecule has 3 aromatic rings. The molecule has 2 aromatic carbocycles. The molecular weight excluding hydrogens is 360 g/mol. The molecule has 8 heteroatoms. The number of hydrogen-bond acceptors (Lipinski definition) is 7. The zero-order valence-electron chi connectivity index (χ0n) is 15.7. The molecule has 0 aliphatic carbocycles. The molecule has 0 atom stereocenters. The van der Waals surface area contributed by atoms with E-state index < -0.39 is 0 Å². The molecule has 0 saturated heterocycles. The van der Waals surface area contributed by atoms with Gasteiger partial charge in [-0.05, 0) is 18.2 Å². The first kappa shape index (κ1) is 19.0. The van der Waals surface area contributed by atoms with Crippen LogP contribution in [0, 0.1) is 0 Å². The molecule has 0 spiro atoms. The van der Waals surface area contributed by atoms with Crippen LogP contribution in [0.2, 0.25) is 0 Å². The molecule has 1 amide bonds. The quantitative estimate of drug-likeness (QED) is 0.648. The van der Waals surface area contributed by atoms with Crippen molar-refractivity contribution in [2.45, 2.75) is 0 Å². The smallest absolute Gasteiger partial charge is 0.256 e. The van der Waals surface area contributed by atoms with Crippen molar-refractivity contribution in [2.24, 2.45) is 0 Å². The van der Waals surface area contributed by atoms with E-state index in [-0.39, 0.29) is 5.91 Å². The third-order valence-electron chi connectivity index (χ3n) is 3.85. The van der Waals surface area contributed by atoms with Crippen molar-refractivity contribution >= 4 is 23.4 Å². The Kier molecular flexibility index (Phi) is 5.91. The minimum atomic E-state index is -0.252. The molecule has 1 aromatic heterocycles. The van der Waals surface area contributed by atoms with Crippen LogP contribution in [0.3, 0.4) is 0 Å². The fourth-order valence-corrected chi connectivity index (χ4v) is 2.55. The standard InChI is InChI=1S/C20H20N4O4/c1-26-15-11-14(12-16(27-2)18(15)28-3)22-20-21-10-9-17(24-20)23-19(25)13-7-5-4-6-8-13/h4-12H,1-3H3,(H2,21,22,23,24,25). The highest BCUT2D eigenvalue weighted by Gasteiger charge is 2.14. The number of nitrogens with one attached hydrogen (secondary N) is 2. The van der Waals surface area contributed by atoms with Crippen molar-refractivity contribution in [3.8, 4) is 17.2 Å². The minimum absolute atomic E-state index is 0.252. The highest BCUT2D eigenvalue weighted by molar-refractivity contribution is 6.03. The highest BCUT2D eigenvalue weighted by atomic mass is 16.5. The largest absolute Gasteiger partial charge is 0.493 e. The van der Waals surface area contributed by atoms with Crippen molar-refractivity contribution in [1.29, 1.82) is 0 Å². The third kappa shape index (κ3) is 4.29. The van der Waals surface area contributed by atoms with E-state index in [1.807, 2.05) is 6.07 Å². The Labute approximate surface area is 162 Å². The summed E-state index contributed by atoms with van der Waals surface area (Å²) >= 11 is 0. The minimum Gasteiger partial charge on any atom is -0.493 e. The lowest BCUT2D eigenvalue weighted by molar-refractivity contribution is 0.102. The molecule has 0 bridgehead atoms. The van der Waals surface area contributed by atoms with Gasteiger partial charge in [-0.1, -0.05) is 18.2 Å². The summed E-state index contributed by atoms with van der Waals surface area (Å²) < 4.78 is 16.0.